The van der Waals surface area contributed by atoms with Gasteiger partial charge in [-0.2, -0.15) is 0 Å². The van der Waals surface area contributed by atoms with Gasteiger partial charge in [0.05, 0.1) is 11.1 Å². The highest BCUT2D eigenvalue weighted by molar-refractivity contribution is 9.13. The molecule has 4 amide bonds. The molecule has 0 fully saturated rings. The Morgan fingerprint density at radius 1 is 0.667 bits per heavy atom. The molecule has 0 saturated carbocycles. The quantitative estimate of drug-likeness (QED) is 0.577. The van der Waals surface area contributed by atoms with E-state index in [9.17, 15) is 19.2 Å². The van der Waals surface area contributed by atoms with Crippen LogP contribution >= 0.6 is 31.9 Å². The van der Waals surface area contributed by atoms with Gasteiger partial charge in [-0.1, -0.05) is 0 Å². The fourth-order valence-corrected chi connectivity index (χ4v) is 4.33. The van der Waals surface area contributed by atoms with Crippen LogP contribution in [0.25, 0.3) is 10.8 Å². The molecule has 0 N–H and O–H groups in total. The van der Waals surface area contributed by atoms with Gasteiger partial charge < -0.3 is 0 Å². The monoisotopic (exact) mass is 450 g/mol. The molecule has 0 atom stereocenters. The highest BCUT2D eigenvalue weighted by atomic mass is 79.9. The van der Waals surface area contributed by atoms with Crippen molar-refractivity contribution in [3.05, 3.63) is 43.3 Å². The van der Waals surface area contributed by atoms with Crippen LogP contribution in [0.2, 0.25) is 0 Å². The molecule has 0 radical (unpaired) electrons. The molecule has 2 aliphatic rings. The molecule has 0 bridgehead atoms. The summed E-state index contributed by atoms with van der Waals surface area (Å²) >= 11 is 6.72. The van der Waals surface area contributed by atoms with E-state index in [1.165, 1.54) is 26.2 Å². The Hall–Kier alpha value is -2.06. The molecule has 24 heavy (non-hydrogen) atoms. The van der Waals surface area contributed by atoms with Crippen LogP contribution in [-0.4, -0.2) is 47.5 Å². The fraction of sp³-hybridized carbons (Fsp3) is 0.125. The zero-order chi connectivity index (χ0) is 17.5. The molecular formula is C16H8Br2N2O4. The number of halogens is 2. The minimum Gasteiger partial charge on any atom is -0.277 e. The standard InChI is InChI=1S/C16H8Br2N2O4/c1-19-13(21)5-3-4-6-8-7(5)9(15(19)23)11(17)12(18)10(8)16(24)20(2)14(6)22/h3-4H,1-2H3. The highest BCUT2D eigenvalue weighted by Crippen LogP contribution is 2.45. The first-order valence-corrected chi connectivity index (χ1v) is 8.48. The zero-order valence-corrected chi connectivity index (χ0v) is 15.6. The summed E-state index contributed by atoms with van der Waals surface area (Å²) in [5, 5.41) is 0.695. The molecule has 0 aromatic heterocycles. The van der Waals surface area contributed by atoms with Crippen molar-refractivity contribution in [1.29, 1.82) is 0 Å². The second-order valence-corrected chi connectivity index (χ2v) is 7.21. The predicted octanol–water partition coefficient (Wildman–Crippen LogP) is 2.82. The van der Waals surface area contributed by atoms with Crippen molar-refractivity contribution in [3.63, 3.8) is 0 Å². The van der Waals surface area contributed by atoms with Crippen LogP contribution in [0.5, 0.6) is 0 Å². The lowest BCUT2D eigenvalue weighted by Gasteiger charge is -2.30. The average Bonchev–Trinajstić information content (AvgIpc) is 2.56. The molecule has 0 saturated heterocycles. The van der Waals surface area contributed by atoms with Gasteiger partial charge in [-0.15, -0.1) is 0 Å². The van der Waals surface area contributed by atoms with Crippen LogP contribution in [0.3, 0.4) is 0 Å². The van der Waals surface area contributed by atoms with Crippen LogP contribution in [0.15, 0.2) is 21.1 Å². The Balaban J connectivity index is 2.33. The minimum atomic E-state index is -0.484. The summed E-state index contributed by atoms with van der Waals surface area (Å²) in [6.45, 7) is 0. The Morgan fingerprint density at radius 2 is 1.00 bits per heavy atom. The van der Waals surface area contributed by atoms with E-state index >= 15 is 0 Å². The Labute approximate surface area is 152 Å². The lowest BCUT2D eigenvalue weighted by molar-refractivity contribution is 0.0628. The summed E-state index contributed by atoms with van der Waals surface area (Å²) in [6.07, 6.45) is 0. The van der Waals surface area contributed by atoms with E-state index in [0.29, 0.717) is 30.8 Å². The van der Waals surface area contributed by atoms with Crippen LogP contribution in [0, 0.1) is 0 Å². The number of amides is 4. The van der Waals surface area contributed by atoms with Crippen molar-refractivity contribution >= 4 is 66.3 Å². The van der Waals surface area contributed by atoms with Crippen molar-refractivity contribution in [2.24, 2.45) is 0 Å². The molecular weight excluding hydrogens is 444 g/mol. The van der Waals surface area contributed by atoms with Gasteiger partial charge in [0, 0.05) is 44.9 Å². The number of hydrogen-bond acceptors (Lipinski definition) is 4. The number of carbonyl (C=O) groups excluding carboxylic acids is 4. The molecule has 6 nitrogen and oxygen atoms in total. The van der Waals surface area contributed by atoms with Crippen molar-refractivity contribution in [1.82, 2.24) is 9.80 Å². The Bertz CT molecular complexity index is 962. The van der Waals surface area contributed by atoms with E-state index in [1.807, 2.05) is 0 Å². The molecule has 120 valence electrons. The molecule has 0 unspecified atom stereocenters. The third-order valence-electron chi connectivity index (χ3n) is 4.44. The predicted molar refractivity (Wildman–Crippen MR) is 92.2 cm³/mol. The van der Waals surface area contributed by atoms with Gasteiger partial charge in [0.25, 0.3) is 23.6 Å². The van der Waals surface area contributed by atoms with Gasteiger partial charge in [-0.3, -0.25) is 29.0 Å². The van der Waals surface area contributed by atoms with Crippen molar-refractivity contribution in [2.75, 3.05) is 14.1 Å². The second kappa shape index (κ2) is 4.73. The largest absolute Gasteiger partial charge is 0.277 e. The van der Waals surface area contributed by atoms with Gasteiger partial charge in [0.15, 0.2) is 0 Å². The third kappa shape index (κ3) is 1.60. The summed E-state index contributed by atoms with van der Waals surface area (Å²) in [7, 11) is 2.80. The first-order valence-electron chi connectivity index (χ1n) is 6.89. The maximum atomic E-state index is 12.6. The van der Waals surface area contributed by atoms with Crippen LogP contribution in [-0.2, 0) is 0 Å². The topological polar surface area (TPSA) is 74.8 Å². The molecule has 2 aromatic rings. The van der Waals surface area contributed by atoms with Gasteiger partial charge >= 0.3 is 0 Å². The number of rotatable bonds is 0. The highest BCUT2D eigenvalue weighted by Gasteiger charge is 2.40. The number of imide groups is 2. The van der Waals surface area contributed by atoms with E-state index in [0.717, 1.165) is 9.80 Å². The molecule has 2 aromatic carbocycles. The van der Waals surface area contributed by atoms with E-state index < -0.39 is 23.6 Å². The van der Waals surface area contributed by atoms with E-state index in [2.05, 4.69) is 31.9 Å². The van der Waals surface area contributed by atoms with Gasteiger partial charge in [-0.05, 0) is 44.0 Å². The smallest absolute Gasteiger partial charge is 0.262 e. The summed E-state index contributed by atoms with van der Waals surface area (Å²) in [5.41, 5.74) is 1.13. The van der Waals surface area contributed by atoms with Crippen LogP contribution in [0.1, 0.15) is 41.4 Å². The molecule has 8 heteroatoms. The Kier molecular flexibility index (Phi) is 3.05. The number of nitrogens with zero attached hydrogens (tertiary/aromatic N) is 2. The maximum Gasteiger partial charge on any atom is 0.262 e. The molecule has 2 aliphatic heterocycles. The van der Waals surface area contributed by atoms with Crippen molar-refractivity contribution < 1.29 is 19.2 Å². The minimum absolute atomic E-state index is 0.268. The van der Waals surface area contributed by atoms with Crippen molar-refractivity contribution in [2.45, 2.75) is 0 Å². The van der Waals surface area contributed by atoms with Crippen LogP contribution in [0.4, 0.5) is 0 Å². The Morgan fingerprint density at radius 3 is 1.33 bits per heavy atom. The summed E-state index contributed by atoms with van der Waals surface area (Å²) < 4.78 is 0.785. The zero-order valence-electron chi connectivity index (χ0n) is 12.4. The lowest BCUT2D eigenvalue weighted by atomic mass is 9.86. The number of carbonyl (C=O) groups is 4. The third-order valence-corrected chi connectivity index (χ3v) is 6.56. The molecule has 2 heterocycles. The molecule has 4 rings (SSSR count). The molecule has 0 aliphatic carbocycles. The lowest BCUT2D eigenvalue weighted by Crippen LogP contribution is -2.40. The number of benzene rings is 2. The molecule has 0 spiro atoms. The van der Waals surface area contributed by atoms with Gasteiger partial charge in [-0.25, -0.2) is 0 Å². The average molecular weight is 452 g/mol. The second-order valence-electron chi connectivity index (χ2n) is 5.63. The fourth-order valence-electron chi connectivity index (χ4n) is 3.20. The normalized spacial score (nSPS) is 16.5. The maximum absolute atomic E-state index is 12.6. The summed E-state index contributed by atoms with van der Waals surface area (Å²) in [4.78, 5) is 52.2. The van der Waals surface area contributed by atoms with E-state index in [1.54, 1.807) is 0 Å². The van der Waals surface area contributed by atoms with Crippen LogP contribution < -0.4 is 0 Å². The van der Waals surface area contributed by atoms with E-state index in [4.69, 9.17) is 0 Å². The SMILES string of the molecule is CN1C(=O)c2ccc3c4c(c(Br)c(Br)c(c24)C1=O)C(=O)N(C)C3=O. The van der Waals surface area contributed by atoms with Crippen molar-refractivity contribution in [3.8, 4) is 0 Å². The van der Waals surface area contributed by atoms with Gasteiger partial charge in [0.2, 0.25) is 0 Å². The summed E-state index contributed by atoms with van der Waals surface area (Å²) in [5.74, 6) is -1.89. The number of hydrogen-bond donors (Lipinski definition) is 0. The first-order chi connectivity index (χ1) is 11.3. The summed E-state index contributed by atoms with van der Waals surface area (Å²) in [6, 6.07) is 3.05. The van der Waals surface area contributed by atoms with E-state index in [-0.39, 0.29) is 11.1 Å². The van der Waals surface area contributed by atoms with Gasteiger partial charge in [0.1, 0.15) is 0 Å². The first kappa shape index (κ1) is 15.5.